The summed E-state index contributed by atoms with van der Waals surface area (Å²) in [6.45, 7) is 6.73. The SMILES string of the molecule is CCCCCC(C)NC(C)c1ccncc1. The molecule has 0 aromatic carbocycles. The van der Waals surface area contributed by atoms with E-state index in [-0.39, 0.29) is 0 Å². The number of unbranched alkanes of at least 4 members (excludes halogenated alkanes) is 2. The number of nitrogens with zero attached hydrogens (tertiary/aromatic N) is 1. The minimum atomic E-state index is 0.416. The van der Waals surface area contributed by atoms with E-state index in [4.69, 9.17) is 0 Å². The molecule has 2 heteroatoms. The van der Waals surface area contributed by atoms with Gasteiger partial charge in [-0.25, -0.2) is 0 Å². The van der Waals surface area contributed by atoms with Crippen LogP contribution in [0.5, 0.6) is 0 Å². The zero-order chi connectivity index (χ0) is 11.8. The molecule has 2 nitrogen and oxygen atoms in total. The van der Waals surface area contributed by atoms with E-state index in [1.165, 1.54) is 31.2 Å². The maximum absolute atomic E-state index is 4.04. The Hall–Kier alpha value is -0.890. The maximum Gasteiger partial charge on any atom is 0.0295 e. The summed E-state index contributed by atoms with van der Waals surface area (Å²) in [6.07, 6.45) is 8.95. The monoisotopic (exact) mass is 220 g/mol. The standard InChI is InChI=1S/C14H24N2/c1-4-5-6-7-12(2)16-13(3)14-8-10-15-11-9-14/h8-13,16H,4-7H2,1-3H3. The molecule has 2 atom stereocenters. The van der Waals surface area contributed by atoms with Crippen molar-refractivity contribution in [3.05, 3.63) is 30.1 Å². The van der Waals surface area contributed by atoms with Crippen LogP contribution in [0.2, 0.25) is 0 Å². The van der Waals surface area contributed by atoms with Crippen LogP contribution in [-0.4, -0.2) is 11.0 Å². The van der Waals surface area contributed by atoms with Gasteiger partial charge >= 0.3 is 0 Å². The second-order valence-electron chi connectivity index (χ2n) is 4.57. The number of pyridine rings is 1. The lowest BCUT2D eigenvalue weighted by atomic mass is 10.1. The van der Waals surface area contributed by atoms with E-state index in [9.17, 15) is 0 Å². The quantitative estimate of drug-likeness (QED) is 0.709. The summed E-state index contributed by atoms with van der Waals surface area (Å²) in [5, 5.41) is 3.63. The highest BCUT2D eigenvalue weighted by Crippen LogP contribution is 2.13. The average Bonchev–Trinajstić information content (AvgIpc) is 2.30. The van der Waals surface area contributed by atoms with Crippen molar-refractivity contribution < 1.29 is 0 Å². The third-order valence-corrected chi connectivity index (χ3v) is 2.98. The predicted octanol–water partition coefficient (Wildman–Crippen LogP) is 3.70. The molecule has 2 unspecified atom stereocenters. The Labute approximate surface area is 99.5 Å². The second-order valence-corrected chi connectivity index (χ2v) is 4.57. The van der Waals surface area contributed by atoms with Crippen molar-refractivity contribution >= 4 is 0 Å². The molecule has 0 bridgehead atoms. The Morgan fingerprint density at radius 3 is 2.50 bits per heavy atom. The first-order valence-electron chi connectivity index (χ1n) is 6.40. The molecule has 0 aliphatic rings. The van der Waals surface area contributed by atoms with E-state index in [1.807, 2.05) is 12.4 Å². The van der Waals surface area contributed by atoms with E-state index in [0.717, 1.165) is 0 Å². The van der Waals surface area contributed by atoms with E-state index < -0.39 is 0 Å². The summed E-state index contributed by atoms with van der Waals surface area (Å²) in [6, 6.07) is 5.17. The first-order chi connectivity index (χ1) is 7.74. The number of rotatable bonds is 7. The summed E-state index contributed by atoms with van der Waals surface area (Å²) >= 11 is 0. The van der Waals surface area contributed by atoms with Gasteiger partial charge in [-0.1, -0.05) is 26.2 Å². The fraction of sp³-hybridized carbons (Fsp3) is 0.643. The largest absolute Gasteiger partial charge is 0.308 e. The molecule has 0 spiro atoms. The highest BCUT2D eigenvalue weighted by atomic mass is 14.9. The molecule has 0 amide bonds. The molecular formula is C14H24N2. The van der Waals surface area contributed by atoms with Crippen LogP contribution in [0.4, 0.5) is 0 Å². The molecule has 0 fully saturated rings. The first kappa shape index (κ1) is 13.2. The Kier molecular flexibility index (Phi) is 6.09. The van der Waals surface area contributed by atoms with Crippen molar-refractivity contribution in [2.75, 3.05) is 0 Å². The number of aromatic nitrogens is 1. The summed E-state index contributed by atoms with van der Waals surface area (Å²) in [5.74, 6) is 0. The van der Waals surface area contributed by atoms with E-state index in [0.29, 0.717) is 12.1 Å². The Morgan fingerprint density at radius 1 is 1.19 bits per heavy atom. The van der Waals surface area contributed by atoms with E-state index in [1.54, 1.807) is 0 Å². The predicted molar refractivity (Wildman–Crippen MR) is 69.4 cm³/mol. The minimum absolute atomic E-state index is 0.416. The third-order valence-electron chi connectivity index (χ3n) is 2.98. The molecule has 0 radical (unpaired) electrons. The normalized spacial score (nSPS) is 14.7. The summed E-state index contributed by atoms with van der Waals surface area (Å²) in [4.78, 5) is 4.04. The molecule has 0 aliphatic carbocycles. The van der Waals surface area contributed by atoms with Crippen molar-refractivity contribution in [2.24, 2.45) is 0 Å². The number of hydrogen-bond acceptors (Lipinski definition) is 2. The fourth-order valence-electron chi connectivity index (χ4n) is 1.96. The van der Waals surface area contributed by atoms with Crippen LogP contribution in [0.25, 0.3) is 0 Å². The Morgan fingerprint density at radius 2 is 1.88 bits per heavy atom. The smallest absolute Gasteiger partial charge is 0.0295 e. The van der Waals surface area contributed by atoms with Gasteiger partial charge in [-0.2, -0.15) is 0 Å². The van der Waals surface area contributed by atoms with Crippen LogP contribution in [0.3, 0.4) is 0 Å². The summed E-state index contributed by atoms with van der Waals surface area (Å²) in [5.41, 5.74) is 1.32. The van der Waals surface area contributed by atoms with Crippen LogP contribution in [0.1, 0.15) is 58.1 Å². The fourth-order valence-corrected chi connectivity index (χ4v) is 1.96. The minimum Gasteiger partial charge on any atom is -0.308 e. The molecule has 0 saturated heterocycles. The zero-order valence-electron chi connectivity index (χ0n) is 10.7. The van der Waals surface area contributed by atoms with Gasteiger partial charge in [0.2, 0.25) is 0 Å². The highest BCUT2D eigenvalue weighted by Gasteiger charge is 2.08. The maximum atomic E-state index is 4.04. The van der Waals surface area contributed by atoms with Crippen molar-refractivity contribution in [1.82, 2.24) is 10.3 Å². The van der Waals surface area contributed by atoms with Gasteiger partial charge in [0.25, 0.3) is 0 Å². The van der Waals surface area contributed by atoms with Gasteiger partial charge in [-0.15, -0.1) is 0 Å². The van der Waals surface area contributed by atoms with Crippen LogP contribution in [0.15, 0.2) is 24.5 Å². The molecule has 16 heavy (non-hydrogen) atoms. The number of hydrogen-bond donors (Lipinski definition) is 1. The first-order valence-corrected chi connectivity index (χ1v) is 6.40. The molecule has 0 saturated carbocycles. The molecule has 1 aromatic rings. The van der Waals surface area contributed by atoms with Gasteiger partial charge in [-0.3, -0.25) is 4.98 Å². The lowest BCUT2D eigenvalue weighted by molar-refractivity contribution is 0.440. The molecule has 1 rings (SSSR count). The van der Waals surface area contributed by atoms with Gasteiger partial charge in [0.1, 0.15) is 0 Å². The van der Waals surface area contributed by atoms with Crippen LogP contribution in [-0.2, 0) is 0 Å². The van der Waals surface area contributed by atoms with Crippen LogP contribution in [0, 0.1) is 0 Å². The van der Waals surface area contributed by atoms with E-state index in [2.05, 4.69) is 43.2 Å². The molecule has 1 heterocycles. The zero-order valence-corrected chi connectivity index (χ0v) is 10.7. The topological polar surface area (TPSA) is 24.9 Å². The average molecular weight is 220 g/mol. The number of nitrogens with one attached hydrogen (secondary N) is 1. The molecule has 1 N–H and O–H groups in total. The van der Waals surface area contributed by atoms with Crippen molar-refractivity contribution in [2.45, 2.75) is 58.5 Å². The lowest BCUT2D eigenvalue weighted by Crippen LogP contribution is -2.28. The van der Waals surface area contributed by atoms with Crippen molar-refractivity contribution in [3.63, 3.8) is 0 Å². The van der Waals surface area contributed by atoms with Crippen LogP contribution < -0.4 is 5.32 Å². The Bertz CT molecular complexity index is 271. The third kappa shape index (κ3) is 4.75. The van der Waals surface area contributed by atoms with Gasteiger partial charge in [0, 0.05) is 24.5 Å². The molecular weight excluding hydrogens is 196 g/mol. The van der Waals surface area contributed by atoms with Gasteiger partial charge in [0.05, 0.1) is 0 Å². The molecule has 0 aliphatic heterocycles. The van der Waals surface area contributed by atoms with Crippen molar-refractivity contribution in [1.29, 1.82) is 0 Å². The summed E-state index contributed by atoms with van der Waals surface area (Å²) < 4.78 is 0. The summed E-state index contributed by atoms with van der Waals surface area (Å²) in [7, 11) is 0. The van der Waals surface area contributed by atoms with Crippen LogP contribution >= 0.6 is 0 Å². The Balaban J connectivity index is 2.31. The van der Waals surface area contributed by atoms with Gasteiger partial charge in [-0.05, 0) is 38.0 Å². The lowest BCUT2D eigenvalue weighted by Gasteiger charge is -2.20. The molecule has 90 valence electrons. The van der Waals surface area contributed by atoms with Gasteiger partial charge < -0.3 is 5.32 Å². The van der Waals surface area contributed by atoms with E-state index >= 15 is 0 Å². The highest BCUT2D eigenvalue weighted by molar-refractivity contribution is 5.14. The second kappa shape index (κ2) is 7.39. The molecule has 1 aromatic heterocycles. The van der Waals surface area contributed by atoms with Crippen molar-refractivity contribution in [3.8, 4) is 0 Å². The van der Waals surface area contributed by atoms with Gasteiger partial charge in [0.15, 0.2) is 0 Å².